The number of anilines is 1. The molecule has 0 bridgehead atoms. The fraction of sp³-hybridized carbons (Fsp3) is 0.562. The van der Waals surface area contributed by atoms with Crippen molar-refractivity contribution in [3.8, 4) is 23.1 Å². The Morgan fingerprint density at radius 1 is 1.22 bits per heavy atom. The quantitative estimate of drug-likeness (QED) is 0.301. The molecule has 0 radical (unpaired) electrons. The van der Waals surface area contributed by atoms with E-state index >= 15 is 4.39 Å². The van der Waals surface area contributed by atoms with Crippen LogP contribution in [-0.2, 0) is 4.74 Å². The fourth-order valence-electron chi connectivity index (χ4n) is 7.75. The van der Waals surface area contributed by atoms with Gasteiger partial charge in [0.15, 0.2) is 5.82 Å². The van der Waals surface area contributed by atoms with E-state index in [2.05, 4.69) is 22.1 Å². The molecule has 240 valence electrons. The first-order chi connectivity index (χ1) is 21.6. The lowest BCUT2D eigenvalue weighted by molar-refractivity contribution is -0.0123. The zero-order chi connectivity index (χ0) is 31.5. The highest BCUT2D eigenvalue weighted by atomic mass is 35.5. The number of fused-ring (bicyclic) bond motifs is 3. The summed E-state index contributed by atoms with van der Waals surface area (Å²) in [4.78, 5) is 18.6. The van der Waals surface area contributed by atoms with Crippen molar-refractivity contribution in [2.24, 2.45) is 5.41 Å². The Kier molecular flexibility index (Phi) is 7.74. The van der Waals surface area contributed by atoms with Gasteiger partial charge in [-0.2, -0.15) is 15.1 Å². The number of ether oxygens (including phenoxy) is 3. The van der Waals surface area contributed by atoms with Gasteiger partial charge in [-0.15, -0.1) is 0 Å². The Hall–Kier alpha value is -3.32. The molecule has 1 aromatic carbocycles. The summed E-state index contributed by atoms with van der Waals surface area (Å²) in [5.41, 5.74) is 0.684. The first kappa shape index (κ1) is 30.3. The molecule has 5 heterocycles. The van der Waals surface area contributed by atoms with Gasteiger partial charge in [0.1, 0.15) is 28.0 Å². The maximum Gasteiger partial charge on any atom is 0.319 e. The molecule has 1 aliphatic carbocycles. The zero-order valence-corrected chi connectivity index (χ0v) is 26.9. The lowest BCUT2D eigenvalue weighted by atomic mass is 9.76. The van der Waals surface area contributed by atoms with E-state index in [4.69, 9.17) is 40.8 Å². The van der Waals surface area contributed by atoms with Crippen LogP contribution < -0.4 is 14.4 Å². The Morgan fingerprint density at radius 3 is 2.87 bits per heavy atom. The Balaban J connectivity index is 1.41. The molecule has 3 atom stereocenters. The third-order valence-electron chi connectivity index (χ3n) is 9.90. The number of pyridine rings is 1. The minimum absolute atomic E-state index is 0.00395. The fourth-order valence-corrected chi connectivity index (χ4v) is 7.95. The minimum atomic E-state index is -1.17. The normalized spacial score (nSPS) is 25.9. The van der Waals surface area contributed by atoms with E-state index in [9.17, 15) is 5.11 Å². The second kappa shape index (κ2) is 11.5. The molecular weight excluding hydrogens is 601 g/mol. The minimum Gasteiger partial charge on any atom is -0.480 e. The SMILES string of the molecule is COc1nc(-c2c(C)c(Cl)cc3[nH]ncc23)c(F)c2nc(OCC34CCCC3N(C)CCC4)nc(N3CCOCC(C)(O)C3)c12. The number of halogens is 2. The van der Waals surface area contributed by atoms with Gasteiger partial charge < -0.3 is 29.1 Å². The summed E-state index contributed by atoms with van der Waals surface area (Å²) in [7, 11) is 3.67. The van der Waals surface area contributed by atoms with E-state index in [0.29, 0.717) is 64.1 Å². The topological polar surface area (TPSA) is 122 Å². The standard InChI is InChI=1S/C32H39ClFN7O4/c1-18-20(33)13-21-19(14-35-39-21)23(18)26-25(34)27-24(29(36-26)43-4)28(41-11-12-44-16-31(2,42)15-41)38-30(37-27)45-17-32-8-5-7-22(32)40(3)10-6-9-32/h13-14,22,42H,5-12,15-17H2,1-4H3,(H,35,39). The van der Waals surface area contributed by atoms with Gasteiger partial charge in [0.2, 0.25) is 5.88 Å². The maximum absolute atomic E-state index is 17.0. The molecule has 1 saturated carbocycles. The van der Waals surface area contributed by atoms with Crippen molar-refractivity contribution in [1.29, 1.82) is 0 Å². The second-order valence-corrected chi connectivity index (χ2v) is 13.5. The summed E-state index contributed by atoms with van der Waals surface area (Å²) >= 11 is 6.59. The molecule has 3 unspecified atom stereocenters. The van der Waals surface area contributed by atoms with Gasteiger partial charge in [0, 0.05) is 34.0 Å². The summed E-state index contributed by atoms with van der Waals surface area (Å²) in [6.07, 6.45) is 7.15. The van der Waals surface area contributed by atoms with Crippen LogP contribution in [0.3, 0.4) is 0 Å². The van der Waals surface area contributed by atoms with Crippen molar-refractivity contribution in [3.05, 3.63) is 28.7 Å². The molecule has 2 aliphatic heterocycles. The van der Waals surface area contributed by atoms with Crippen molar-refractivity contribution in [2.75, 3.05) is 58.5 Å². The first-order valence-corrected chi connectivity index (χ1v) is 15.9. The van der Waals surface area contributed by atoms with Crippen LogP contribution in [0.2, 0.25) is 5.02 Å². The zero-order valence-electron chi connectivity index (χ0n) is 26.1. The Morgan fingerprint density at radius 2 is 2.04 bits per heavy atom. The van der Waals surface area contributed by atoms with Gasteiger partial charge in [-0.3, -0.25) is 5.10 Å². The number of aromatic amines is 1. The van der Waals surface area contributed by atoms with E-state index in [-0.39, 0.29) is 41.7 Å². The Labute approximate surface area is 266 Å². The molecule has 4 aromatic rings. The summed E-state index contributed by atoms with van der Waals surface area (Å²) in [5.74, 6) is -0.139. The molecule has 13 heteroatoms. The monoisotopic (exact) mass is 639 g/mol. The summed E-state index contributed by atoms with van der Waals surface area (Å²) in [6.45, 7) is 6.17. The van der Waals surface area contributed by atoms with Crippen LogP contribution in [0.1, 0.15) is 44.6 Å². The van der Waals surface area contributed by atoms with Crippen LogP contribution >= 0.6 is 11.6 Å². The third-order valence-corrected chi connectivity index (χ3v) is 10.3. The predicted molar refractivity (Wildman–Crippen MR) is 170 cm³/mol. The molecule has 0 amide bonds. The van der Waals surface area contributed by atoms with Crippen molar-refractivity contribution < 1.29 is 23.7 Å². The molecule has 3 fully saturated rings. The van der Waals surface area contributed by atoms with Gasteiger partial charge in [0.25, 0.3) is 0 Å². The number of β-amino-alcohol motifs (C(OH)–C–C–N with tert-alkyl or cyclic N) is 1. The summed E-state index contributed by atoms with van der Waals surface area (Å²) in [5, 5.41) is 19.5. The lowest BCUT2D eigenvalue weighted by Gasteiger charge is -2.44. The van der Waals surface area contributed by atoms with Gasteiger partial charge in [0.05, 0.1) is 45.2 Å². The number of piperidine rings is 1. The molecule has 2 saturated heterocycles. The van der Waals surface area contributed by atoms with Crippen molar-refractivity contribution in [3.63, 3.8) is 0 Å². The van der Waals surface area contributed by atoms with Gasteiger partial charge in [-0.1, -0.05) is 18.0 Å². The van der Waals surface area contributed by atoms with Gasteiger partial charge in [-0.05, 0) is 64.8 Å². The molecule has 45 heavy (non-hydrogen) atoms. The number of hydrogen-bond donors (Lipinski definition) is 2. The number of H-pyrrole nitrogens is 1. The van der Waals surface area contributed by atoms with Crippen LogP contribution in [-0.4, -0.2) is 100 Å². The van der Waals surface area contributed by atoms with Gasteiger partial charge >= 0.3 is 6.01 Å². The molecule has 11 nitrogen and oxygen atoms in total. The number of aromatic nitrogens is 5. The van der Waals surface area contributed by atoms with Crippen LogP contribution in [0.25, 0.3) is 33.1 Å². The first-order valence-electron chi connectivity index (χ1n) is 15.6. The van der Waals surface area contributed by atoms with Crippen LogP contribution in [0.4, 0.5) is 10.2 Å². The van der Waals surface area contributed by atoms with E-state index in [1.807, 2.05) is 11.8 Å². The molecule has 3 aliphatic rings. The maximum atomic E-state index is 17.0. The van der Waals surface area contributed by atoms with Crippen molar-refractivity contribution in [2.45, 2.75) is 57.6 Å². The predicted octanol–water partition coefficient (Wildman–Crippen LogP) is 4.91. The number of nitrogens with zero attached hydrogens (tertiary/aromatic N) is 6. The van der Waals surface area contributed by atoms with Crippen molar-refractivity contribution in [1.82, 2.24) is 30.0 Å². The summed E-state index contributed by atoms with van der Waals surface area (Å²) < 4.78 is 35.0. The third kappa shape index (κ3) is 5.25. The molecule has 7 rings (SSSR count). The average Bonchev–Trinajstić information content (AvgIpc) is 3.62. The molecule has 2 N–H and O–H groups in total. The molecular formula is C32H39ClFN7O4. The number of benzene rings is 1. The Bertz CT molecular complexity index is 1770. The highest BCUT2D eigenvalue weighted by molar-refractivity contribution is 6.33. The molecule has 0 spiro atoms. The second-order valence-electron chi connectivity index (χ2n) is 13.1. The van der Waals surface area contributed by atoms with Crippen LogP contribution in [0, 0.1) is 18.2 Å². The van der Waals surface area contributed by atoms with E-state index < -0.39 is 11.4 Å². The van der Waals surface area contributed by atoms with Crippen molar-refractivity contribution >= 4 is 39.2 Å². The van der Waals surface area contributed by atoms with E-state index in [0.717, 1.165) is 38.6 Å². The largest absolute Gasteiger partial charge is 0.480 e. The van der Waals surface area contributed by atoms with Crippen LogP contribution in [0.15, 0.2) is 12.3 Å². The number of nitrogens with one attached hydrogen (secondary N) is 1. The van der Waals surface area contributed by atoms with E-state index in [1.54, 1.807) is 19.2 Å². The number of methoxy groups -OCH3 is 1. The number of aliphatic hydroxyl groups is 1. The smallest absolute Gasteiger partial charge is 0.319 e. The summed E-state index contributed by atoms with van der Waals surface area (Å²) in [6, 6.07) is 2.27. The lowest BCUT2D eigenvalue weighted by Crippen LogP contribution is -2.50. The number of likely N-dealkylation sites (tertiary alicyclic amines) is 1. The average molecular weight is 640 g/mol. The van der Waals surface area contributed by atoms with Crippen LogP contribution in [0.5, 0.6) is 11.9 Å². The van der Waals surface area contributed by atoms with Gasteiger partial charge in [-0.25, -0.2) is 9.37 Å². The number of rotatable bonds is 6. The highest BCUT2D eigenvalue weighted by Gasteiger charge is 2.47. The molecule has 3 aromatic heterocycles. The number of hydrogen-bond acceptors (Lipinski definition) is 10. The van der Waals surface area contributed by atoms with E-state index in [1.165, 1.54) is 7.11 Å². The highest BCUT2D eigenvalue weighted by Crippen LogP contribution is 2.48.